The fourth-order valence-electron chi connectivity index (χ4n) is 4.22. The molecule has 1 aromatic rings. The van der Waals surface area contributed by atoms with Crippen molar-refractivity contribution in [1.29, 1.82) is 0 Å². The lowest BCUT2D eigenvalue weighted by atomic mass is 9.99. The molecule has 0 unspecified atom stereocenters. The first-order valence-electron chi connectivity index (χ1n) is 12.4. The van der Waals surface area contributed by atoms with Crippen LogP contribution in [-0.2, 0) is 9.47 Å². The van der Waals surface area contributed by atoms with E-state index in [0.717, 1.165) is 18.4 Å². The van der Waals surface area contributed by atoms with Crippen LogP contribution in [0, 0.1) is 0 Å². The summed E-state index contributed by atoms with van der Waals surface area (Å²) in [6.45, 7) is 2.46. The van der Waals surface area contributed by atoms with Crippen LogP contribution in [0.4, 0.5) is 0 Å². The van der Waals surface area contributed by atoms with Crippen LogP contribution >= 0.6 is 0 Å². The van der Waals surface area contributed by atoms with Crippen LogP contribution in [0.1, 0.15) is 109 Å². The van der Waals surface area contributed by atoms with E-state index >= 15 is 0 Å². The van der Waals surface area contributed by atoms with Gasteiger partial charge in [0.2, 0.25) is 0 Å². The highest BCUT2D eigenvalue weighted by Gasteiger charge is 2.35. The maximum absolute atomic E-state index is 10.5. The van der Waals surface area contributed by atoms with Crippen molar-refractivity contribution in [3.05, 3.63) is 35.9 Å². The van der Waals surface area contributed by atoms with E-state index in [-0.39, 0.29) is 6.61 Å². The number of hydrogen-bond acceptors (Lipinski definition) is 4. The van der Waals surface area contributed by atoms with Gasteiger partial charge in [-0.2, -0.15) is 0 Å². The zero-order valence-electron chi connectivity index (χ0n) is 19.0. The molecule has 1 aliphatic heterocycles. The molecular weight excluding hydrogens is 376 g/mol. The molecule has 2 N–H and O–H groups in total. The summed E-state index contributed by atoms with van der Waals surface area (Å²) in [4.78, 5) is 0. The van der Waals surface area contributed by atoms with Gasteiger partial charge in [-0.1, -0.05) is 121 Å². The Hall–Kier alpha value is -0.940. The summed E-state index contributed by atoms with van der Waals surface area (Å²) in [7, 11) is 0. The van der Waals surface area contributed by atoms with E-state index in [9.17, 15) is 10.2 Å². The fourth-order valence-corrected chi connectivity index (χ4v) is 4.22. The van der Waals surface area contributed by atoms with Gasteiger partial charge in [-0.05, 0) is 6.42 Å². The summed E-state index contributed by atoms with van der Waals surface area (Å²) in [5.41, 5.74) is 0.919. The molecule has 0 saturated carbocycles. The van der Waals surface area contributed by atoms with Gasteiger partial charge in [0.1, 0.15) is 12.2 Å². The van der Waals surface area contributed by atoms with E-state index < -0.39 is 24.6 Å². The number of unbranched alkanes of at least 4 members (excludes halogenated alkanes) is 12. The van der Waals surface area contributed by atoms with Crippen molar-refractivity contribution < 1.29 is 19.7 Å². The van der Waals surface area contributed by atoms with Crippen molar-refractivity contribution in [2.24, 2.45) is 0 Å². The number of ether oxygens (including phenoxy) is 2. The highest BCUT2D eigenvalue weighted by molar-refractivity contribution is 5.16. The average molecular weight is 421 g/mol. The minimum atomic E-state index is -0.776. The Morgan fingerprint density at radius 3 is 1.93 bits per heavy atom. The van der Waals surface area contributed by atoms with E-state index in [0.29, 0.717) is 6.42 Å². The lowest BCUT2D eigenvalue weighted by molar-refractivity contribution is -0.276. The molecule has 172 valence electrons. The van der Waals surface area contributed by atoms with E-state index in [4.69, 9.17) is 9.47 Å². The normalized spacial score (nSPS) is 22.8. The molecule has 0 aromatic heterocycles. The number of aliphatic hydroxyl groups is 2. The smallest absolute Gasteiger partial charge is 0.184 e. The maximum atomic E-state index is 10.5. The van der Waals surface area contributed by atoms with E-state index in [2.05, 4.69) is 6.92 Å². The highest BCUT2D eigenvalue weighted by atomic mass is 16.7. The predicted molar refractivity (Wildman–Crippen MR) is 122 cm³/mol. The zero-order valence-corrected chi connectivity index (χ0v) is 19.0. The van der Waals surface area contributed by atoms with Crippen molar-refractivity contribution in [2.45, 2.75) is 121 Å². The average Bonchev–Trinajstić information content (AvgIpc) is 2.77. The van der Waals surface area contributed by atoms with Crippen LogP contribution in [0.15, 0.2) is 30.3 Å². The Morgan fingerprint density at radius 2 is 1.37 bits per heavy atom. The molecule has 4 atom stereocenters. The van der Waals surface area contributed by atoms with Crippen LogP contribution in [0.2, 0.25) is 0 Å². The van der Waals surface area contributed by atoms with E-state index in [1.807, 2.05) is 30.3 Å². The van der Waals surface area contributed by atoms with Crippen molar-refractivity contribution in [1.82, 2.24) is 0 Å². The molecule has 0 bridgehead atoms. The summed E-state index contributed by atoms with van der Waals surface area (Å²) >= 11 is 0. The van der Waals surface area contributed by atoms with Gasteiger partial charge >= 0.3 is 0 Å². The molecule has 0 spiro atoms. The SMILES string of the molecule is CCCCCCCCCCCCCCC[C@@H](O)[C@H]1O[C@@H](c2ccccc2)OC[C@H]1O. The molecule has 1 heterocycles. The van der Waals surface area contributed by atoms with Crippen molar-refractivity contribution in [3.8, 4) is 0 Å². The summed E-state index contributed by atoms with van der Waals surface area (Å²) in [5.74, 6) is 0. The van der Waals surface area contributed by atoms with E-state index in [1.165, 1.54) is 70.6 Å². The second-order valence-electron chi connectivity index (χ2n) is 8.84. The Bertz CT molecular complexity index is 521. The molecule has 4 nitrogen and oxygen atoms in total. The molecule has 1 aromatic carbocycles. The van der Waals surface area contributed by atoms with Gasteiger partial charge in [0, 0.05) is 5.56 Å². The minimum Gasteiger partial charge on any atom is -0.390 e. The lowest BCUT2D eigenvalue weighted by Gasteiger charge is -2.36. The van der Waals surface area contributed by atoms with Gasteiger partial charge in [0.05, 0.1) is 12.7 Å². The molecule has 1 fully saturated rings. The van der Waals surface area contributed by atoms with Gasteiger partial charge < -0.3 is 19.7 Å². The Kier molecular flexibility index (Phi) is 13.3. The third kappa shape index (κ3) is 9.91. The minimum absolute atomic E-state index is 0.194. The van der Waals surface area contributed by atoms with Crippen LogP contribution in [0.25, 0.3) is 0 Å². The van der Waals surface area contributed by atoms with Gasteiger partial charge in [0.15, 0.2) is 6.29 Å². The molecule has 1 saturated heterocycles. The zero-order chi connectivity index (χ0) is 21.4. The maximum Gasteiger partial charge on any atom is 0.184 e. The molecule has 2 rings (SSSR count). The van der Waals surface area contributed by atoms with Crippen molar-refractivity contribution in [2.75, 3.05) is 6.61 Å². The quantitative estimate of drug-likeness (QED) is 0.308. The fraction of sp³-hybridized carbons (Fsp3) is 0.769. The molecular formula is C26H44O4. The first-order valence-corrected chi connectivity index (χ1v) is 12.4. The number of aliphatic hydroxyl groups excluding tert-OH is 2. The standard InChI is InChI=1S/C26H44O4/c1-2-3-4-5-6-7-8-9-10-11-12-13-17-20-23(27)25-24(28)21-29-26(30-25)22-18-15-14-16-19-22/h14-16,18-19,23-28H,2-13,17,20-21H2,1H3/t23-,24-,25-,26+/m1/s1. The molecule has 4 heteroatoms. The van der Waals surface area contributed by atoms with Crippen LogP contribution in [0.3, 0.4) is 0 Å². The van der Waals surface area contributed by atoms with E-state index in [1.54, 1.807) is 0 Å². The van der Waals surface area contributed by atoms with Crippen LogP contribution in [0.5, 0.6) is 0 Å². The Balaban J connectivity index is 1.49. The molecule has 30 heavy (non-hydrogen) atoms. The molecule has 0 amide bonds. The molecule has 0 aliphatic carbocycles. The number of benzene rings is 1. The second-order valence-corrected chi connectivity index (χ2v) is 8.84. The van der Waals surface area contributed by atoms with Gasteiger partial charge in [-0.3, -0.25) is 0 Å². The predicted octanol–water partition coefficient (Wildman–Crippen LogP) is 6.30. The third-order valence-electron chi connectivity index (χ3n) is 6.13. The van der Waals surface area contributed by atoms with Gasteiger partial charge in [-0.25, -0.2) is 0 Å². The monoisotopic (exact) mass is 420 g/mol. The number of hydrogen-bond donors (Lipinski definition) is 2. The van der Waals surface area contributed by atoms with Crippen LogP contribution in [-0.4, -0.2) is 35.1 Å². The van der Waals surface area contributed by atoms with Gasteiger partial charge in [0.25, 0.3) is 0 Å². The molecule has 0 radical (unpaired) electrons. The van der Waals surface area contributed by atoms with Crippen LogP contribution < -0.4 is 0 Å². The topological polar surface area (TPSA) is 58.9 Å². The lowest BCUT2D eigenvalue weighted by Crippen LogP contribution is -2.47. The summed E-state index contributed by atoms with van der Waals surface area (Å²) < 4.78 is 11.5. The van der Waals surface area contributed by atoms with Crippen molar-refractivity contribution >= 4 is 0 Å². The first-order chi connectivity index (χ1) is 14.7. The van der Waals surface area contributed by atoms with Crippen molar-refractivity contribution in [3.63, 3.8) is 0 Å². The molecule has 1 aliphatic rings. The Morgan fingerprint density at radius 1 is 0.833 bits per heavy atom. The highest BCUT2D eigenvalue weighted by Crippen LogP contribution is 2.29. The first kappa shape index (κ1) is 25.3. The summed E-state index contributed by atoms with van der Waals surface area (Å²) in [6, 6.07) is 9.71. The second kappa shape index (κ2) is 15.8. The Labute approximate surface area is 184 Å². The largest absolute Gasteiger partial charge is 0.390 e. The third-order valence-corrected chi connectivity index (χ3v) is 6.13. The summed E-state index contributed by atoms with van der Waals surface area (Å²) in [6.07, 6.45) is 15.2. The summed E-state index contributed by atoms with van der Waals surface area (Å²) in [5, 5.41) is 20.7. The number of rotatable bonds is 16. The van der Waals surface area contributed by atoms with Gasteiger partial charge in [-0.15, -0.1) is 0 Å².